The molecule has 1 saturated carbocycles. The number of rotatable bonds is 4. The molecule has 0 bridgehead atoms. The molecule has 2 rings (SSSR count). The van der Waals surface area contributed by atoms with E-state index in [0.717, 1.165) is 38.5 Å². The van der Waals surface area contributed by atoms with E-state index in [0.29, 0.717) is 13.2 Å². The van der Waals surface area contributed by atoms with Gasteiger partial charge in [-0.25, -0.2) is 0 Å². The highest BCUT2D eigenvalue weighted by Gasteiger charge is 2.42. The van der Waals surface area contributed by atoms with Gasteiger partial charge in [0.25, 0.3) is 0 Å². The molecule has 1 saturated heterocycles. The van der Waals surface area contributed by atoms with Gasteiger partial charge in [-0.15, -0.1) is 0 Å². The van der Waals surface area contributed by atoms with Crippen LogP contribution in [0.2, 0.25) is 0 Å². The summed E-state index contributed by atoms with van der Waals surface area (Å²) in [5.74, 6) is -0.383. The maximum Gasteiger partial charge on any atom is 0.309 e. The molecule has 1 aliphatic heterocycles. The Bertz CT molecular complexity index is 270. The average Bonchev–Trinajstić information content (AvgIpc) is 2.85. The molecule has 0 radical (unpaired) electrons. The van der Waals surface area contributed by atoms with Crippen LogP contribution in [0.5, 0.6) is 0 Å². The van der Waals surface area contributed by atoms with Crippen molar-refractivity contribution >= 4 is 5.97 Å². The van der Waals surface area contributed by atoms with Crippen LogP contribution in [0.1, 0.15) is 52.4 Å². The second-order valence-electron chi connectivity index (χ2n) is 5.26. The molecule has 0 aromatic rings. The van der Waals surface area contributed by atoms with E-state index >= 15 is 0 Å². The van der Waals surface area contributed by atoms with Crippen LogP contribution < -0.4 is 0 Å². The molecule has 2 fully saturated rings. The van der Waals surface area contributed by atoms with Crippen molar-refractivity contribution in [3.63, 3.8) is 0 Å². The van der Waals surface area contributed by atoms with Crippen molar-refractivity contribution in [1.82, 2.24) is 0 Å². The normalized spacial score (nSPS) is 23.7. The van der Waals surface area contributed by atoms with E-state index in [1.807, 2.05) is 0 Å². The van der Waals surface area contributed by atoms with Crippen molar-refractivity contribution < 1.29 is 19.0 Å². The molecule has 4 heteroatoms. The highest BCUT2D eigenvalue weighted by atomic mass is 16.7. The quantitative estimate of drug-likeness (QED) is 0.725. The molecular weight excluding hydrogens is 232 g/mol. The topological polar surface area (TPSA) is 44.8 Å². The summed E-state index contributed by atoms with van der Waals surface area (Å²) in [6, 6.07) is 0. The first kappa shape index (κ1) is 13.8. The lowest BCUT2D eigenvalue weighted by molar-refractivity contribution is -0.189. The van der Waals surface area contributed by atoms with Crippen LogP contribution >= 0.6 is 0 Å². The molecule has 0 unspecified atom stereocenters. The standard InChI is InChI=1S/C14H24O4/c1-3-12(4-2)18-13(15)11-5-7-14(8-6-11)16-9-10-17-14/h11-12H,3-10H2,1-2H3. The minimum atomic E-state index is -0.383. The fraction of sp³-hybridized carbons (Fsp3) is 0.929. The smallest absolute Gasteiger partial charge is 0.309 e. The van der Waals surface area contributed by atoms with Crippen LogP contribution in [0.4, 0.5) is 0 Å². The van der Waals surface area contributed by atoms with Gasteiger partial charge < -0.3 is 14.2 Å². The zero-order chi connectivity index (χ0) is 13.0. The zero-order valence-electron chi connectivity index (χ0n) is 11.4. The summed E-state index contributed by atoms with van der Waals surface area (Å²) >= 11 is 0. The second-order valence-corrected chi connectivity index (χ2v) is 5.26. The summed E-state index contributed by atoms with van der Waals surface area (Å²) in [6.45, 7) is 5.47. The van der Waals surface area contributed by atoms with Gasteiger partial charge in [-0.1, -0.05) is 13.8 Å². The van der Waals surface area contributed by atoms with Crippen LogP contribution in [-0.2, 0) is 19.0 Å². The summed E-state index contributed by atoms with van der Waals surface area (Å²) in [5.41, 5.74) is 0. The molecule has 18 heavy (non-hydrogen) atoms. The van der Waals surface area contributed by atoms with Gasteiger partial charge >= 0.3 is 5.97 Å². The molecule has 0 aromatic carbocycles. The predicted molar refractivity (Wildman–Crippen MR) is 67.1 cm³/mol. The summed E-state index contributed by atoms with van der Waals surface area (Å²) in [6.07, 6.45) is 5.13. The van der Waals surface area contributed by atoms with Gasteiger partial charge in [-0.3, -0.25) is 4.79 Å². The maximum atomic E-state index is 12.0. The van der Waals surface area contributed by atoms with Crippen molar-refractivity contribution in [2.24, 2.45) is 5.92 Å². The van der Waals surface area contributed by atoms with Crippen LogP contribution in [-0.4, -0.2) is 31.1 Å². The van der Waals surface area contributed by atoms with E-state index in [1.165, 1.54) is 0 Å². The molecular formula is C14H24O4. The number of ether oxygens (including phenoxy) is 3. The van der Waals surface area contributed by atoms with E-state index in [4.69, 9.17) is 14.2 Å². The monoisotopic (exact) mass is 256 g/mol. The lowest BCUT2D eigenvalue weighted by atomic mass is 9.85. The average molecular weight is 256 g/mol. The van der Waals surface area contributed by atoms with E-state index < -0.39 is 0 Å². The highest BCUT2D eigenvalue weighted by Crippen LogP contribution is 2.38. The number of hydrogen-bond acceptors (Lipinski definition) is 4. The number of esters is 1. The van der Waals surface area contributed by atoms with Gasteiger partial charge in [-0.2, -0.15) is 0 Å². The molecule has 1 spiro atoms. The minimum Gasteiger partial charge on any atom is -0.462 e. The molecule has 4 nitrogen and oxygen atoms in total. The Labute approximate surface area is 109 Å². The number of hydrogen-bond donors (Lipinski definition) is 0. The SMILES string of the molecule is CCC(CC)OC(=O)C1CCC2(CC1)OCCO2. The Morgan fingerprint density at radius 3 is 2.28 bits per heavy atom. The van der Waals surface area contributed by atoms with E-state index in [2.05, 4.69) is 13.8 Å². The first-order valence-corrected chi connectivity index (χ1v) is 7.17. The summed E-state index contributed by atoms with van der Waals surface area (Å²) < 4.78 is 16.8. The molecule has 1 heterocycles. The first-order valence-electron chi connectivity index (χ1n) is 7.17. The largest absolute Gasteiger partial charge is 0.462 e. The van der Waals surface area contributed by atoms with Crippen LogP contribution in [0.3, 0.4) is 0 Å². The fourth-order valence-electron chi connectivity index (χ4n) is 2.79. The number of carbonyl (C=O) groups excluding carboxylic acids is 1. The van der Waals surface area contributed by atoms with Crippen molar-refractivity contribution in [2.75, 3.05) is 13.2 Å². The van der Waals surface area contributed by atoms with E-state index in [-0.39, 0.29) is 23.8 Å². The zero-order valence-corrected chi connectivity index (χ0v) is 11.4. The molecule has 0 aromatic heterocycles. The number of carbonyl (C=O) groups is 1. The molecule has 0 atom stereocenters. The van der Waals surface area contributed by atoms with Crippen LogP contribution in [0, 0.1) is 5.92 Å². The van der Waals surface area contributed by atoms with Crippen LogP contribution in [0.25, 0.3) is 0 Å². The van der Waals surface area contributed by atoms with Gasteiger partial charge in [0.15, 0.2) is 5.79 Å². The molecule has 2 aliphatic rings. The molecule has 1 aliphatic carbocycles. The Balaban J connectivity index is 1.80. The van der Waals surface area contributed by atoms with Gasteiger partial charge in [0, 0.05) is 12.8 Å². The Hall–Kier alpha value is -0.610. The van der Waals surface area contributed by atoms with Crippen molar-refractivity contribution in [2.45, 2.75) is 64.3 Å². The van der Waals surface area contributed by atoms with Gasteiger partial charge in [-0.05, 0) is 25.7 Å². The lowest BCUT2D eigenvalue weighted by Crippen LogP contribution is -2.38. The third-order valence-electron chi connectivity index (χ3n) is 4.09. The molecule has 0 amide bonds. The summed E-state index contributed by atoms with van der Waals surface area (Å²) in [4.78, 5) is 12.0. The Morgan fingerprint density at radius 2 is 1.78 bits per heavy atom. The molecule has 104 valence electrons. The summed E-state index contributed by atoms with van der Waals surface area (Å²) in [5, 5.41) is 0. The lowest BCUT2D eigenvalue weighted by Gasteiger charge is -2.34. The first-order chi connectivity index (χ1) is 8.69. The van der Waals surface area contributed by atoms with Crippen molar-refractivity contribution in [3.05, 3.63) is 0 Å². The second kappa shape index (κ2) is 6.02. The third-order valence-corrected chi connectivity index (χ3v) is 4.09. The van der Waals surface area contributed by atoms with Crippen molar-refractivity contribution in [3.8, 4) is 0 Å². The molecule has 0 N–H and O–H groups in total. The van der Waals surface area contributed by atoms with E-state index in [9.17, 15) is 4.79 Å². The highest BCUT2D eigenvalue weighted by molar-refractivity contribution is 5.72. The van der Waals surface area contributed by atoms with E-state index in [1.54, 1.807) is 0 Å². The third kappa shape index (κ3) is 3.04. The fourth-order valence-corrected chi connectivity index (χ4v) is 2.79. The minimum absolute atomic E-state index is 0.0310. The van der Waals surface area contributed by atoms with Gasteiger partial charge in [0.2, 0.25) is 0 Å². The predicted octanol–water partition coefficient (Wildman–Crippen LogP) is 2.65. The Kier molecular flexibility index (Phi) is 4.62. The van der Waals surface area contributed by atoms with Crippen molar-refractivity contribution in [1.29, 1.82) is 0 Å². The van der Waals surface area contributed by atoms with Gasteiger partial charge in [0.1, 0.15) is 6.10 Å². The maximum absolute atomic E-state index is 12.0. The van der Waals surface area contributed by atoms with Gasteiger partial charge in [0.05, 0.1) is 19.1 Å². The Morgan fingerprint density at radius 1 is 1.22 bits per heavy atom. The summed E-state index contributed by atoms with van der Waals surface area (Å²) in [7, 11) is 0. The van der Waals surface area contributed by atoms with Crippen LogP contribution in [0.15, 0.2) is 0 Å².